The van der Waals surface area contributed by atoms with E-state index < -0.39 is 10.0 Å². The number of para-hydroxylation sites is 1. The summed E-state index contributed by atoms with van der Waals surface area (Å²) in [7, 11) is -3.90. The standard InChI is InChI=1S/C20H14Cl4N2O4S/c21-13-2-1-3-14(22)20(13)30-18-7-4-11(8-16(18)24)9-19(27)26-17-6-5-12(10-15(17)23)31(25,28)29/h1-8,10H,9H2,(H,26,27)(H2,25,28,29). The van der Waals surface area contributed by atoms with Crippen LogP contribution in [-0.4, -0.2) is 14.3 Å². The number of nitrogens with two attached hydrogens (primary N) is 1. The van der Waals surface area contributed by atoms with E-state index in [9.17, 15) is 13.2 Å². The van der Waals surface area contributed by atoms with Gasteiger partial charge in [0.2, 0.25) is 15.9 Å². The Kier molecular flexibility index (Phi) is 7.36. The fourth-order valence-corrected chi connectivity index (χ4v) is 4.13. The molecule has 6 nitrogen and oxygen atoms in total. The molecule has 0 aromatic heterocycles. The molecule has 3 aromatic rings. The molecule has 0 aliphatic heterocycles. The molecule has 0 fully saturated rings. The Morgan fingerprint density at radius 2 is 1.58 bits per heavy atom. The van der Waals surface area contributed by atoms with Gasteiger partial charge in [-0.3, -0.25) is 4.79 Å². The van der Waals surface area contributed by atoms with Crippen LogP contribution in [0.5, 0.6) is 11.5 Å². The van der Waals surface area contributed by atoms with E-state index in [-0.39, 0.29) is 38.7 Å². The van der Waals surface area contributed by atoms with E-state index in [4.69, 9.17) is 56.3 Å². The lowest BCUT2D eigenvalue weighted by molar-refractivity contribution is -0.115. The molecular formula is C20H14Cl4N2O4S. The number of amides is 1. The first-order valence-electron chi connectivity index (χ1n) is 8.57. The van der Waals surface area contributed by atoms with Crippen molar-refractivity contribution >= 4 is 68.0 Å². The molecule has 0 unspecified atom stereocenters. The van der Waals surface area contributed by atoms with E-state index >= 15 is 0 Å². The maximum absolute atomic E-state index is 12.4. The molecular weight excluding hydrogens is 506 g/mol. The molecule has 0 aliphatic carbocycles. The molecule has 3 rings (SSSR count). The van der Waals surface area contributed by atoms with Gasteiger partial charge in [0, 0.05) is 0 Å². The summed E-state index contributed by atoms with van der Waals surface area (Å²) >= 11 is 24.5. The van der Waals surface area contributed by atoms with E-state index in [1.807, 2.05) is 0 Å². The number of carbonyl (C=O) groups excluding carboxylic acids is 1. The third-order valence-electron chi connectivity index (χ3n) is 4.04. The first-order valence-corrected chi connectivity index (χ1v) is 11.6. The number of anilines is 1. The van der Waals surface area contributed by atoms with Crippen molar-refractivity contribution in [3.05, 3.63) is 80.3 Å². The zero-order valence-electron chi connectivity index (χ0n) is 15.5. The van der Waals surface area contributed by atoms with Crippen LogP contribution in [0, 0.1) is 0 Å². The molecule has 3 aromatic carbocycles. The van der Waals surface area contributed by atoms with E-state index in [0.717, 1.165) is 6.07 Å². The second kappa shape index (κ2) is 9.65. The Bertz CT molecular complexity index is 1250. The van der Waals surface area contributed by atoms with Gasteiger partial charge >= 0.3 is 0 Å². The van der Waals surface area contributed by atoms with E-state index in [0.29, 0.717) is 21.4 Å². The Morgan fingerprint density at radius 1 is 0.903 bits per heavy atom. The largest absolute Gasteiger partial charge is 0.453 e. The number of sulfonamides is 1. The number of rotatable bonds is 6. The Morgan fingerprint density at radius 3 is 2.16 bits per heavy atom. The quantitative estimate of drug-likeness (QED) is 0.422. The van der Waals surface area contributed by atoms with Crippen molar-refractivity contribution in [1.29, 1.82) is 0 Å². The second-order valence-electron chi connectivity index (χ2n) is 6.33. The molecule has 3 N–H and O–H groups in total. The maximum Gasteiger partial charge on any atom is 0.238 e. The third-order valence-corrected chi connectivity index (χ3v) is 6.15. The van der Waals surface area contributed by atoms with Crippen LogP contribution in [0.25, 0.3) is 0 Å². The van der Waals surface area contributed by atoms with E-state index in [1.165, 1.54) is 12.1 Å². The number of benzene rings is 3. The van der Waals surface area contributed by atoms with Gasteiger partial charge in [0.1, 0.15) is 5.75 Å². The molecule has 31 heavy (non-hydrogen) atoms. The first kappa shape index (κ1) is 23.7. The lowest BCUT2D eigenvalue weighted by atomic mass is 10.1. The molecule has 162 valence electrons. The minimum absolute atomic E-state index is 0.0138. The van der Waals surface area contributed by atoms with Crippen LogP contribution in [-0.2, 0) is 21.2 Å². The molecule has 0 bridgehead atoms. The molecule has 0 saturated heterocycles. The van der Waals surface area contributed by atoms with Crippen molar-refractivity contribution < 1.29 is 17.9 Å². The van der Waals surface area contributed by atoms with Gasteiger partial charge in [-0.25, -0.2) is 13.6 Å². The zero-order valence-corrected chi connectivity index (χ0v) is 19.4. The summed E-state index contributed by atoms with van der Waals surface area (Å²) in [6.07, 6.45) is -0.0138. The van der Waals surface area contributed by atoms with Crippen molar-refractivity contribution in [2.45, 2.75) is 11.3 Å². The highest BCUT2D eigenvalue weighted by Crippen LogP contribution is 2.38. The van der Waals surface area contributed by atoms with Gasteiger partial charge in [-0.05, 0) is 48.0 Å². The number of carbonyl (C=O) groups is 1. The van der Waals surface area contributed by atoms with Gasteiger partial charge < -0.3 is 10.1 Å². The van der Waals surface area contributed by atoms with E-state index in [1.54, 1.807) is 36.4 Å². The molecule has 0 spiro atoms. The van der Waals surface area contributed by atoms with Gasteiger partial charge in [-0.2, -0.15) is 0 Å². The highest BCUT2D eigenvalue weighted by Gasteiger charge is 2.14. The summed E-state index contributed by atoms with van der Waals surface area (Å²) in [5.74, 6) is 0.211. The van der Waals surface area contributed by atoms with Crippen molar-refractivity contribution in [2.24, 2.45) is 5.14 Å². The van der Waals surface area contributed by atoms with E-state index in [2.05, 4.69) is 5.32 Å². The van der Waals surface area contributed by atoms with Crippen LogP contribution in [0.4, 0.5) is 5.69 Å². The fraction of sp³-hybridized carbons (Fsp3) is 0.0500. The van der Waals surface area contributed by atoms with Crippen LogP contribution in [0.15, 0.2) is 59.5 Å². The van der Waals surface area contributed by atoms with Crippen LogP contribution in [0.1, 0.15) is 5.56 Å². The van der Waals surface area contributed by atoms with Crippen molar-refractivity contribution in [2.75, 3.05) is 5.32 Å². The Labute approximate surface area is 198 Å². The molecule has 1 amide bonds. The normalized spacial score (nSPS) is 11.3. The average Bonchev–Trinajstić information content (AvgIpc) is 2.67. The summed E-state index contributed by atoms with van der Waals surface area (Å²) in [5.41, 5.74) is 0.857. The molecule has 11 heteroatoms. The number of halogens is 4. The summed E-state index contributed by atoms with van der Waals surface area (Å²) in [6.45, 7) is 0. The SMILES string of the molecule is NS(=O)(=O)c1ccc(NC(=O)Cc2ccc(Oc3c(Cl)cccc3Cl)c(Cl)c2)c(Cl)c1. The number of nitrogens with one attached hydrogen (secondary N) is 1. The Hall–Kier alpha value is -2.00. The van der Waals surface area contributed by atoms with Crippen LogP contribution < -0.4 is 15.2 Å². The number of ether oxygens (including phenoxy) is 1. The molecule has 0 radical (unpaired) electrons. The topological polar surface area (TPSA) is 98.5 Å². The highest BCUT2D eigenvalue weighted by molar-refractivity contribution is 7.89. The first-order chi connectivity index (χ1) is 14.5. The minimum atomic E-state index is -3.90. The Balaban J connectivity index is 1.71. The third kappa shape index (κ3) is 6.04. The van der Waals surface area contributed by atoms with Gasteiger partial charge in [-0.15, -0.1) is 0 Å². The maximum atomic E-state index is 12.4. The molecule has 0 heterocycles. The molecule has 0 aliphatic rings. The van der Waals surface area contributed by atoms with Crippen molar-refractivity contribution in [3.63, 3.8) is 0 Å². The smallest absolute Gasteiger partial charge is 0.238 e. The lowest BCUT2D eigenvalue weighted by Gasteiger charge is -2.12. The average molecular weight is 520 g/mol. The zero-order chi connectivity index (χ0) is 22.8. The lowest BCUT2D eigenvalue weighted by Crippen LogP contribution is -2.16. The monoisotopic (exact) mass is 518 g/mol. The van der Waals surface area contributed by atoms with Crippen LogP contribution in [0.2, 0.25) is 20.1 Å². The molecule has 0 saturated carbocycles. The van der Waals surface area contributed by atoms with Gasteiger partial charge in [-0.1, -0.05) is 58.5 Å². The predicted molar refractivity (Wildman–Crippen MR) is 123 cm³/mol. The summed E-state index contributed by atoms with van der Waals surface area (Å²) in [4.78, 5) is 12.2. The van der Waals surface area contributed by atoms with Gasteiger partial charge in [0.05, 0.1) is 37.1 Å². The van der Waals surface area contributed by atoms with Crippen molar-refractivity contribution in [3.8, 4) is 11.5 Å². The summed E-state index contributed by atoms with van der Waals surface area (Å²) < 4.78 is 28.4. The van der Waals surface area contributed by atoms with Gasteiger partial charge in [0.25, 0.3) is 0 Å². The fourth-order valence-electron chi connectivity index (χ4n) is 2.58. The molecule has 0 atom stereocenters. The minimum Gasteiger partial charge on any atom is -0.453 e. The number of hydrogen-bond acceptors (Lipinski definition) is 4. The number of primary sulfonamides is 1. The van der Waals surface area contributed by atoms with Crippen LogP contribution in [0.3, 0.4) is 0 Å². The second-order valence-corrected chi connectivity index (χ2v) is 9.52. The van der Waals surface area contributed by atoms with Crippen LogP contribution >= 0.6 is 46.4 Å². The van der Waals surface area contributed by atoms with Crippen molar-refractivity contribution in [1.82, 2.24) is 0 Å². The highest BCUT2D eigenvalue weighted by atomic mass is 35.5. The number of hydrogen-bond donors (Lipinski definition) is 2. The summed E-state index contributed by atoms with van der Waals surface area (Å²) in [6, 6.07) is 13.6. The predicted octanol–water partition coefficient (Wildman–Crippen LogP) is 5.92. The summed E-state index contributed by atoms with van der Waals surface area (Å²) in [5, 5.41) is 8.63. The van der Waals surface area contributed by atoms with Gasteiger partial charge in [0.15, 0.2) is 5.75 Å².